The Kier molecular flexibility index (Phi) is 3.96. The molecule has 2 rings (SSSR count). The smallest absolute Gasteiger partial charge is 0.262 e. The van der Waals surface area contributed by atoms with Gasteiger partial charge in [-0.3, -0.25) is 4.72 Å². The SMILES string of the molecule is Nc1cc(F)cc(S(=O)(=O)Nc2cc(Br)ccc2F)c1. The number of nitrogen functional groups attached to an aromatic ring is 1. The van der Waals surface area contributed by atoms with Crippen LogP contribution in [0.4, 0.5) is 20.2 Å². The molecule has 0 aliphatic carbocycles. The Morgan fingerprint density at radius 1 is 1.10 bits per heavy atom. The summed E-state index contributed by atoms with van der Waals surface area (Å²) in [4.78, 5) is -0.380. The predicted octanol–water partition coefficient (Wildman–Crippen LogP) is 3.11. The summed E-state index contributed by atoms with van der Waals surface area (Å²) in [6, 6.07) is 6.65. The van der Waals surface area contributed by atoms with Gasteiger partial charge >= 0.3 is 0 Å². The van der Waals surface area contributed by atoms with Crippen LogP contribution < -0.4 is 10.5 Å². The molecular weight excluding hydrogens is 354 g/mol. The van der Waals surface area contributed by atoms with Gasteiger partial charge in [-0.15, -0.1) is 0 Å². The molecule has 0 spiro atoms. The summed E-state index contributed by atoms with van der Waals surface area (Å²) in [5, 5.41) is 0. The van der Waals surface area contributed by atoms with E-state index < -0.39 is 21.7 Å². The van der Waals surface area contributed by atoms with Crippen LogP contribution in [0.5, 0.6) is 0 Å². The van der Waals surface area contributed by atoms with Crippen LogP contribution in [0, 0.1) is 11.6 Å². The summed E-state index contributed by atoms with van der Waals surface area (Å²) in [6.07, 6.45) is 0. The lowest BCUT2D eigenvalue weighted by Gasteiger charge is -2.10. The third-order valence-corrected chi connectivity index (χ3v) is 4.21. The molecule has 0 bridgehead atoms. The highest BCUT2D eigenvalue weighted by atomic mass is 79.9. The molecule has 0 saturated carbocycles. The lowest BCUT2D eigenvalue weighted by molar-refractivity contribution is 0.593. The average Bonchev–Trinajstić information content (AvgIpc) is 2.32. The summed E-state index contributed by atoms with van der Waals surface area (Å²) in [6.45, 7) is 0. The van der Waals surface area contributed by atoms with E-state index in [4.69, 9.17) is 5.73 Å². The molecule has 3 N–H and O–H groups in total. The lowest BCUT2D eigenvalue weighted by atomic mass is 10.3. The molecule has 0 heterocycles. The van der Waals surface area contributed by atoms with Gasteiger partial charge in [0.25, 0.3) is 10.0 Å². The molecular formula is C12H9BrF2N2O2S. The monoisotopic (exact) mass is 362 g/mol. The standard InChI is InChI=1S/C12H9BrF2N2O2S/c13-7-1-2-11(15)12(3-7)17-20(18,19)10-5-8(14)4-9(16)6-10/h1-6,17H,16H2. The van der Waals surface area contributed by atoms with Crippen LogP contribution >= 0.6 is 15.9 Å². The van der Waals surface area contributed by atoms with Gasteiger partial charge in [-0.2, -0.15) is 0 Å². The van der Waals surface area contributed by atoms with Crippen molar-refractivity contribution in [3.63, 3.8) is 0 Å². The molecule has 4 nitrogen and oxygen atoms in total. The summed E-state index contributed by atoms with van der Waals surface area (Å²) in [5.41, 5.74) is 5.10. The van der Waals surface area contributed by atoms with Crippen molar-refractivity contribution in [2.75, 3.05) is 10.5 Å². The van der Waals surface area contributed by atoms with Gasteiger partial charge in [0.15, 0.2) is 0 Å². The van der Waals surface area contributed by atoms with Crippen LogP contribution in [0.2, 0.25) is 0 Å². The van der Waals surface area contributed by atoms with Crippen LogP contribution in [-0.2, 0) is 10.0 Å². The second-order valence-electron chi connectivity index (χ2n) is 3.95. The van der Waals surface area contributed by atoms with Gasteiger partial charge in [-0.1, -0.05) is 15.9 Å². The third-order valence-electron chi connectivity index (χ3n) is 2.38. The molecule has 0 saturated heterocycles. The Morgan fingerprint density at radius 3 is 2.45 bits per heavy atom. The molecule has 0 unspecified atom stereocenters. The topological polar surface area (TPSA) is 72.2 Å². The zero-order valence-electron chi connectivity index (χ0n) is 9.90. The van der Waals surface area contributed by atoms with E-state index in [0.29, 0.717) is 4.47 Å². The first-order valence-electron chi connectivity index (χ1n) is 5.32. The van der Waals surface area contributed by atoms with Gasteiger partial charge in [0, 0.05) is 10.2 Å². The van der Waals surface area contributed by atoms with Gasteiger partial charge < -0.3 is 5.73 Å². The Bertz CT molecular complexity index is 746. The van der Waals surface area contributed by atoms with E-state index in [9.17, 15) is 17.2 Å². The van der Waals surface area contributed by atoms with Crippen molar-refractivity contribution in [1.82, 2.24) is 0 Å². The average molecular weight is 363 g/mol. The van der Waals surface area contributed by atoms with Gasteiger partial charge in [0.05, 0.1) is 10.6 Å². The first kappa shape index (κ1) is 14.7. The zero-order valence-corrected chi connectivity index (χ0v) is 12.3. The van der Waals surface area contributed by atoms with Crippen molar-refractivity contribution in [3.8, 4) is 0 Å². The molecule has 0 amide bonds. The zero-order chi connectivity index (χ0) is 14.9. The fourth-order valence-electron chi connectivity index (χ4n) is 1.52. The Labute approximate surface area is 122 Å². The summed E-state index contributed by atoms with van der Waals surface area (Å²) in [5.74, 6) is -1.54. The minimum absolute atomic E-state index is 0.0416. The van der Waals surface area contributed by atoms with Gasteiger partial charge in [0.1, 0.15) is 11.6 Å². The second-order valence-corrected chi connectivity index (χ2v) is 6.55. The molecule has 0 aliphatic heterocycles. The van der Waals surface area contributed by atoms with Gasteiger partial charge in [-0.05, 0) is 36.4 Å². The minimum atomic E-state index is -4.13. The number of hydrogen-bond acceptors (Lipinski definition) is 3. The third kappa shape index (κ3) is 3.26. The Morgan fingerprint density at radius 2 is 1.80 bits per heavy atom. The van der Waals surface area contributed by atoms with Crippen LogP contribution in [0.1, 0.15) is 0 Å². The van der Waals surface area contributed by atoms with Crippen molar-refractivity contribution in [3.05, 3.63) is 52.5 Å². The number of halogens is 3. The second kappa shape index (κ2) is 5.37. The summed E-state index contributed by atoms with van der Waals surface area (Å²) < 4.78 is 53.4. The van der Waals surface area contributed by atoms with Crippen molar-refractivity contribution in [2.24, 2.45) is 0 Å². The maximum atomic E-state index is 13.5. The highest BCUT2D eigenvalue weighted by molar-refractivity contribution is 9.10. The van der Waals surface area contributed by atoms with Crippen molar-refractivity contribution >= 4 is 37.3 Å². The quantitative estimate of drug-likeness (QED) is 0.824. The molecule has 0 fully saturated rings. The minimum Gasteiger partial charge on any atom is -0.399 e. The fraction of sp³-hybridized carbons (Fsp3) is 0. The van der Waals surface area contributed by atoms with Crippen LogP contribution in [0.15, 0.2) is 45.8 Å². The molecule has 0 aromatic heterocycles. The first-order valence-corrected chi connectivity index (χ1v) is 7.59. The van der Waals surface area contributed by atoms with E-state index in [2.05, 4.69) is 15.9 Å². The lowest BCUT2D eigenvalue weighted by Crippen LogP contribution is -2.14. The maximum Gasteiger partial charge on any atom is 0.262 e. The normalized spacial score (nSPS) is 11.3. The molecule has 0 radical (unpaired) electrons. The summed E-state index contributed by atoms with van der Waals surface area (Å²) in [7, 11) is -4.13. The van der Waals surface area contributed by atoms with E-state index in [-0.39, 0.29) is 16.3 Å². The van der Waals surface area contributed by atoms with Crippen LogP contribution in [0.25, 0.3) is 0 Å². The molecule has 8 heteroatoms. The number of nitrogens with two attached hydrogens (primary N) is 1. The molecule has 106 valence electrons. The maximum absolute atomic E-state index is 13.5. The Hall–Kier alpha value is -1.67. The number of hydrogen-bond donors (Lipinski definition) is 2. The number of sulfonamides is 1. The van der Waals surface area contributed by atoms with Crippen molar-refractivity contribution < 1.29 is 17.2 Å². The number of benzene rings is 2. The summed E-state index contributed by atoms with van der Waals surface area (Å²) >= 11 is 3.10. The fourth-order valence-corrected chi connectivity index (χ4v) is 3.00. The molecule has 2 aromatic rings. The molecule has 0 aliphatic rings. The van der Waals surface area contributed by atoms with Crippen LogP contribution in [-0.4, -0.2) is 8.42 Å². The highest BCUT2D eigenvalue weighted by Crippen LogP contribution is 2.24. The molecule has 20 heavy (non-hydrogen) atoms. The van der Waals surface area contributed by atoms with Crippen LogP contribution in [0.3, 0.4) is 0 Å². The number of nitrogens with one attached hydrogen (secondary N) is 1. The van der Waals surface area contributed by atoms with E-state index in [1.807, 2.05) is 4.72 Å². The van der Waals surface area contributed by atoms with E-state index in [1.54, 1.807) is 0 Å². The van der Waals surface area contributed by atoms with Crippen molar-refractivity contribution in [1.29, 1.82) is 0 Å². The van der Waals surface area contributed by atoms with Gasteiger partial charge in [0.2, 0.25) is 0 Å². The van der Waals surface area contributed by atoms with Crippen molar-refractivity contribution in [2.45, 2.75) is 4.90 Å². The van der Waals surface area contributed by atoms with E-state index >= 15 is 0 Å². The Balaban J connectivity index is 2.43. The largest absolute Gasteiger partial charge is 0.399 e. The number of anilines is 2. The predicted molar refractivity (Wildman–Crippen MR) is 75.7 cm³/mol. The van der Waals surface area contributed by atoms with Gasteiger partial charge in [-0.25, -0.2) is 17.2 Å². The van der Waals surface area contributed by atoms with E-state index in [0.717, 1.165) is 24.3 Å². The van der Waals surface area contributed by atoms with E-state index in [1.165, 1.54) is 12.1 Å². The number of rotatable bonds is 3. The molecule has 0 atom stereocenters. The molecule has 2 aromatic carbocycles. The first-order chi connectivity index (χ1) is 9.28. The highest BCUT2D eigenvalue weighted by Gasteiger charge is 2.18.